The number of pyridine rings is 1. The summed E-state index contributed by atoms with van der Waals surface area (Å²) in [5.41, 5.74) is 1.49. The molecule has 0 fully saturated rings. The topological polar surface area (TPSA) is 114 Å². The summed E-state index contributed by atoms with van der Waals surface area (Å²) >= 11 is 0. The van der Waals surface area contributed by atoms with Crippen LogP contribution in [0.1, 0.15) is 29.8 Å². The third kappa shape index (κ3) is 5.84. The third-order valence-corrected chi connectivity index (χ3v) is 4.35. The van der Waals surface area contributed by atoms with Crippen LogP contribution in [0.3, 0.4) is 0 Å². The van der Waals surface area contributed by atoms with E-state index in [0.29, 0.717) is 24.3 Å². The minimum Gasteiger partial charge on any atom is -0.370 e. The lowest BCUT2D eigenvalue weighted by atomic mass is 10.1. The standard InChI is InChI=1S/C17H22N4O3S/c1-12(2)21-17(22)14-5-8-16(20-11-14)19-10-9-13-3-6-15(7-4-13)25(18,23)24/h3-8,11-12H,9-10H2,1-2H3,(H,19,20)(H,21,22)(H2,18,23,24). The zero-order valence-electron chi connectivity index (χ0n) is 14.2. The van der Waals surface area contributed by atoms with Crippen LogP contribution in [0, 0.1) is 0 Å². The maximum Gasteiger partial charge on any atom is 0.253 e. The van der Waals surface area contributed by atoms with E-state index in [1.165, 1.54) is 18.3 Å². The first-order valence-electron chi connectivity index (χ1n) is 7.88. The van der Waals surface area contributed by atoms with Crippen LogP contribution < -0.4 is 15.8 Å². The third-order valence-electron chi connectivity index (χ3n) is 3.42. The predicted octanol–water partition coefficient (Wildman–Crippen LogP) is 1.52. The molecule has 1 heterocycles. The molecule has 1 aromatic heterocycles. The van der Waals surface area contributed by atoms with Crippen molar-refractivity contribution in [2.24, 2.45) is 5.14 Å². The molecule has 0 saturated heterocycles. The Kier molecular flexibility index (Phi) is 6.11. The van der Waals surface area contributed by atoms with Crippen molar-refractivity contribution in [2.45, 2.75) is 31.2 Å². The molecule has 2 aromatic rings. The Morgan fingerprint density at radius 2 is 1.84 bits per heavy atom. The molecule has 134 valence electrons. The molecule has 4 N–H and O–H groups in total. The molecule has 0 aliphatic carbocycles. The van der Waals surface area contributed by atoms with Gasteiger partial charge in [0.25, 0.3) is 5.91 Å². The summed E-state index contributed by atoms with van der Waals surface area (Å²) in [6, 6.07) is 9.98. The molecule has 25 heavy (non-hydrogen) atoms. The van der Waals surface area contributed by atoms with Gasteiger partial charge in [0.1, 0.15) is 5.82 Å². The lowest BCUT2D eigenvalue weighted by Gasteiger charge is -2.09. The zero-order chi connectivity index (χ0) is 18.4. The van der Waals surface area contributed by atoms with Crippen LogP contribution >= 0.6 is 0 Å². The van der Waals surface area contributed by atoms with Gasteiger partial charge in [-0.25, -0.2) is 18.5 Å². The number of hydrogen-bond donors (Lipinski definition) is 3. The zero-order valence-corrected chi connectivity index (χ0v) is 15.0. The van der Waals surface area contributed by atoms with Gasteiger partial charge in [-0.15, -0.1) is 0 Å². The Balaban J connectivity index is 1.86. The van der Waals surface area contributed by atoms with E-state index in [2.05, 4.69) is 15.6 Å². The van der Waals surface area contributed by atoms with Gasteiger partial charge in [-0.1, -0.05) is 12.1 Å². The first-order chi connectivity index (χ1) is 11.8. The normalized spacial score (nSPS) is 11.4. The molecule has 0 spiro atoms. The van der Waals surface area contributed by atoms with Crippen LogP contribution in [0.15, 0.2) is 47.5 Å². The molecule has 8 heteroatoms. The molecule has 0 unspecified atom stereocenters. The Morgan fingerprint density at radius 3 is 2.36 bits per heavy atom. The minimum absolute atomic E-state index is 0.0750. The highest BCUT2D eigenvalue weighted by molar-refractivity contribution is 7.89. The van der Waals surface area contributed by atoms with E-state index in [0.717, 1.165) is 5.56 Å². The number of carbonyl (C=O) groups is 1. The number of benzene rings is 1. The largest absolute Gasteiger partial charge is 0.370 e. The maximum absolute atomic E-state index is 11.8. The highest BCUT2D eigenvalue weighted by atomic mass is 32.2. The predicted molar refractivity (Wildman–Crippen MR) is 96.8 cm³/mol. The van der Waals surface area contributed by atoms with Gasteiger partial charge in [-0.3, -0.25) is 4.79 Å². The van der Waals surface area contributed by atoms with E-state index in [1.54, 1.807) is 24.3 Å². The van der Waals surface area contributed by atoms with E-state index in [1.807, 2.05) is 13.8 Å². The second kappa shape index (κ2) is 8.09. The average molecular weight is 362 g/mol. The highest BCUT2D eigenvalue weighted by Crippen LogP contribution is 2.10. The van der Waals surface area contributed by atoms with Crippen molar-refractivity contribution in [3.63, 3.8) is 0 Å². The van der Waals surface area contributed by atoms with Crippen LogP contribution in [0.25, 0.3) is 0 Å². The van der Waals surface area contributed by atoms with Crippen LogP contribution in [-0.4, -0.2) is 31.9 Å². The first kappa shape index (κ1) is 18.9. The molecule has 1 aromatic carbocycles. The number of sulfonamides is 1. The van der Waals surface area contributed by atoms with Crippen LogP contribution in [0.5, 0.6) is 0 Å². The summed E-state index contributed by atoms with van der Waals surface area (Å²) in [6.45, 7) is 4.42. The van der Waals surface area contributed by atoms with Gasteiger partial charge in [0.2, 0.25) is 10.0 Å². The molecular weight excluding hydrogens is 340 g/mol. The molecule has 0 aliphatic heterocycles. The number of primary sulfonamides is 1. The lowest BCUT2D eigenvalue weighted by molar-refractivity contribution is 0.0943. The van der Waals surface area contributed by atoms with Crippen LogP contribution in [0.4, 0.5) is 5.82 Å². The van der Waals surface area contributed by atoms with Crippen LogP contribution in [0.2, 0.25) is 0 Å². The summed E-state index contributed by atoms with van der Waals surface area (Å²) in [4.78, 5) is 16.2. The fourth-order valence-electron chi connectivity index (χ4n) is 2.16. The van der Waals surface area contributed by atoms with E-state index in [4.69, 9.17) is 5.14 Å². The molecule has 2 rings (SSSR count). The van der Waals surface area contributed by atoms with Gasteiger partial charge in [-0.2, -0.15) is 0 Å². The van der Waals surface area contributed by atoms with Crippen molar-refractivity contribution < 1.29 is 13.2 Å². The fraction of sp³-hybridized carbons (Fsp3) is 0.294. The van der Waals surface area contributed by atoms with Crippen molar-refractivity contribution in [2.75, 3.05) is 11.9 Å². The molecule has 1 amide bonds. The van der Waals surface area contributed by atoms with E-state index in [-0.39, 0.29) is 16.8 Å². The number of anilines is 1. The van der Waals surface area contributed by atoms with Crippen LogP contribution in [-0.2, 0) is 16.4 Å². The number of amides is 1. The summed E-state index contributed by atoms with van der Waals surface area (Å²) < 4.78 is 22.4. The quantitative estimate of drug-likeness (QED) is 0.691. The molecule has 0 bridgehead atoms. The lowest BCUT2D eigenvalue weighted by Crippen LogP contribution is -2.30. The van der Waals surface area contributed by atoms with Gasteiger partial charge in [-0.05, 0) is 50.1 Å². The summed E-state index contributed by atoms with van der Waals surface area (Å²) in [6.07, 6.45) is 2.23. The number of carbonyl (C=O) groups excluding carboxylic acids is 1. The second-order valence-electron chi connectivity index (χ2n) is 5.93. The van der Waals surface area contributed by atoms with Crippen molar-refractivity contribution in [1.82, 2.24) is 10.3 Å². The Labute approximate surface area is 147 Å². The van der Waals surface area contributed by atoms with Crippen molar-refractivity contribution >= 4 is 21.7 Å². The number of aromatic nitrogens is 1. The number of nitrogens with one attached hydrogen (secondary N) is 2. The molecule has 7 nitrogen and oxygen atoms in total. The van der Waals surface area contributed by atoms with E-state index >= 15 is 0 Å². The maximum atomic E-state index is 11.8. The van der Waals surface area contributed by atoms with Gasteiger partial charge in [0.05, 0.1) is 10.5 Å². The number of nitrogens with two attached hydrogens (primary N) is 1. The fourth-order valence-corrected chi connectivity index (χ4v) is 2.67. The van der Waals surface area contributed by atoms with Gasteiger partial charge < -0.3 is 10.6 Å². The molecule has 0 saturated carbocycles. The second-order valence-corrected chi connectivity index (χ2v) is 7.49. The monoisotopic (exact) mass is 362 g/mol. The SMILES string of the molecule is CC(C)NC(=O)c1ccc(NCCc2ccc(S(N)(=O)=O)cc2)nc1. The molecular formula is C17H22N4O3S. The summed E-state index contributed by atoms with van der Waals surface area (Å²) in [5.74, 6) is 0.520. The number of rotatable bonds is 7. The molecule has 0 radical (unpaired) electrons. The van der Waals surface area contributed by atoms with Crippen molar-refractivity contribution in [3.05, 3.63) is 53.7 Å². The summed E-state index contributed by atoms with van der Waals surface area (Å²) in [5, 5.41) is 11.0. The van der Waals surface area contributed by atoms with Gasteiger partial charge >= 0.3 is 0 Å². The summed E-state index contributed by atoms with van der Waals surface area (Å²) in [7, 11) is -3.66. The highest BCUT2D eigenvalue weighted by Gasteiger charge is 2.08. The van der Waals surface area contributed by atoms with Gasteiger partial charge in [0.15, 0.2) is 0 Å². The van der Waals surface area contributed by atoms with E-state index < -0.39 is 10.0 Å². The van der Waals surface area contributed by atoms with Gasteiger partial charge in [0, 0.05) is 18.8 Å². The number of hydrogen-bond acceptors (Lipinski definition) is 5. The van der Waals surface area contributed by atoms with E-state index in [9.17, 15) is 13.2 Å². The molecule has 0 atom stereocenters. The average Bonchev–Trinajstić information content (AvgIpc) is 2.54. The Morgan fingerprint density at radius 1 is 1.16 bits per heavy atom. The number of nitrogens with zero attached hydrogens (tertiary/aromatic N) is 1. The Hall–Kier alpha value is -2.45. The van der Waals surface area contributed by atoms with Crippen molar-refractivity contribution in [3.8, 4) is 0 Å². The first-order valence-corrected chi connectivity index (χ1v) is 9.43. The smallest absolute Gasteiger partial charge is 0.253 e. The molecule has 0 aliphatic rings. The van der Waals surface area contributed by atoms with Crippen molar-refractivity contribution in [1.29, 1.82) is 0 Å². The minimum atomic E-state index is -3.66. The Bertz CT molecular complexity index is 816.